The van der Waals surface area contributed by atoms with E-state index < -0.39 is 35.6 Å². The first kappa shape index (κ1) is 18.7. The Bertz CT molecular complexity index is 1020. The van der Waals surface area contributed by atoms with E-state index in [0.717, 1.165) is 0 Å². The van der Waals surface area contributed by atoms with Crippen LogP contribution in [0.5, 0.6) is 0 Å². The molecule has 0 aliphatic heterocycles. The van der Waals surface area contributed by atoms with Crippen LogP contribution in [-0.4, -0.2) is 31.5 Å². The molecule has 2 rings (SSSR count). The molecule has 0 fully saturated rings. The number of nitrogens with one attached hydrogen (secondary N) is 1. The number of rotatable bonds is 3. The van der Waals surface area contributed by atoms with Gasteiger partial charge in [-0.3, -0.25) is 9.11 Å². The second-order valence-corrected chi connectivity index (χ2v) is 9.40. The van der Waals surface area contributed by atoms with Crippen LogP contribution in [0.4, 0.5) is 5.69 Å². The van der Waals surface area contributed by atoms with Crippen molar-refractivity contribution in [2.45, 2.75) is 43.0 Å². The summed E-state index contributed by atoms with van der Waals surface area (Å²) >= 11 is 0. The third-order valence-electron chi connectivity index (χ3n) is 3.25. The van der Waals surface area contributed by atoms with Crippen LogP contribution in [-0.2, 0) is 20.2 Å². The highest BCUT2D eigenvalue weighted by Crippen LogP contribution is 2.36. The van der Waals surface area contributed by atoms with Gasteiger partial charge in [-0.25, -0.2) is 0 Å². The fourth-order valence-corrected chi connectivity index (χ4v) is 3.99. The summed E-state index contributed by atoms with van der Waals surface area (Å²) in [7, 11) is -9.18. The zero-order valence-electron chi connectivity index (χ0n) is 13.7. The van der Waals surface area contributed by atoms with Crippen molar-refractivity contribution in [2.75, 3.05) is 5.32 Å². The average Bonchev–Trinajstić information content (AvgIpc) is 2.33. The van der Waals surface area contributed by atoms with E-state index in [2.05, 4.69) is 5.32 Å². The van der Waals surface area contributed by atoms with Crippen molar-refractivity contribution in [3.8, 4) is 0 Å². The van der Waals surface area contributed by atoms with Crippen molar-refractivity contribution in [1.29, 1.82) is 0 Å². The van der Waals surface area contributed by atoms with E-state index in [1.165, 1.54) is 24.3 Å². The zero-order valence-corrected chi connectivity index (χ0v) is 15.3. The fraction of sp³-hybridized carbons (Fsp3) is 0.333. The largest absolute Gasteiger partial charge is 0.380 e. The third-order valence-corrected chi connectivity index (χ3v) is 5.04. The van der Waals surface area contributed by atoms with E-state index in [4.69, 9.17) is 0 Å². The molecule has 0 unspecified atom stereocenters. The molecule has 3 N–H and O–H groups in total. The number of anilines is 1. The quantitative estimate of drug-likeness (QED) is 0.707. The molecule has 0 bridgehead atoms. The van der Waals surface area contributed by atoms with E-state index in [9.17, 15) is 25.9 Å². The summed E-state index contributed by atoms with van der Waals surface area (Å²) in [4.78, 5) is -0.847. The minimum absolute atomic E-state index is 0.00755. The van der Waals surface area contributed by atoms with Gasteiger partial charge in [0, 0.05) is 22.0 Å². The van der Waals surface area contributed by atoms with Gasteiger partial charge >= 0.3 is 0 Å². The van der Waals surface area contributed by atoms with Gasteiger partial charge in [-0.05, 0) is 57.5 Å². The van der Waals surface area contributed by atoms with Gasteiger partial charge in [0.1, 0.15) is 9.79 Å². The van der Waals surface area contributed by atoms with Crippen LogP contribution in [0.3, 0.4) is 0 Å². The van der Waals surface area contributed by atoms with Crippen molar-refractivity contribution >= 4 is 36.7 Å². The Kier molecular flexibility index (Phi) is 4.43. The molecule has 0 saturated heterocycles. The van der Waals surface area contributed by atoms with E-state index in [-0.39, 0.29) is 10.8 Å². The van der Waals surface area contributed by atoms with Crippen LogP contribution in [0, 0.1) is 6.92 Å². The van der Waals surface area contributed by atoms with E-state index in [1.807, 2.05) is 20.8 Å². The summed E-state index contributed by atoms with van der Waals surface area (Å²) in [6, 6.07) is 5.25. The van der Waals surface area contributed by atoms with Crippen LogP contribution in [0.2, 0.25) is 0 Å². The summed E-state index contributed by atoms with van der Waals surface area (Å²) in [5.41, 5.74) is 0.305. The van der Waals surface area contributed by atoms with E-state index in [1.54, 1.807) is 6.92 Å². The molecule has 0 atom stereocenters. The van der Waals surface area contributed by atoms with Gasteiger partial charge in [0.25, 0.3) is 20.2 Å². The van der Waals surface area contributed by atoms with Gasteiger partial charge in [-0.15, -0.1) is 0 Å². The maximum absolute atomic E-state index is 11.8. The van der Waals surface area contributed by atoms with Crippen molar-refractivity contribution in [3.63, 3.8) is 0 Å². The second-order valence-electron chi connectivity index (χ2n) is 6.62. The molecule has 0 spiro atoms. The number of fused-ring (bicyclic) bond motifs is 1. The van der Waals surface area contributed by atoms with Crippen molar-refractivity contribution in [1.82, 2.24) is 0 Å². The molecule has 0 aliphatic carbocycles. The normalized spacial score (nSPS) is 13.2. The molecule has 132 valence electrons. The highest BCUT2D eigenvalue weighted by Gasteiger charge is 2.24. The molecule has 9 heteroatoms. The van der Waals surface area contributed by atoms with Gasteiger partial charge in [-0.1, -0.05) is 0 Å². The Morgan fingerprint density at radius 1 is 0.917 bits per heavy atom. The van der Waals surface area contributed by atoms with E-state index >= 15 is 0 Å². The second kappa shape index (κ2) is 5.69. The SMILES string of the molecule is Cc1cc(S(=O)(=O)O)c2c(NC(C)(C)C)ccc(S(=O)(=O)O)c2c1. The standard InChI is InChI=1S/C15H19NO6S2/c1-9-7-10-12(23(17,18)19)6-5-11(16-15(2,3)4)14(10)13(8-9)24(20,21)22/h5-8,16H,1-4H3,(H,17,18,19)(H,20,21,22). The first-order chi connectivity index (χ1) is 10.7. The zero-order chi connectivity index (χ0) is 18.5. The third kappa shape index (κ3) is 3.86. The lowest BCUT2D eigenvalue weighted by Gasteiger charge is -2.24. The van der Waals surface area contributed by atoms with Crippen LogP contribution in [0.25, 0.3) is 10.8 Å². The van der Waals surface area contributed by atoms with E-state index in [0.29, 0.717) is 11.3 Å². The Morgan fingerprint density at radius 2 is 1.46 bits per heavy atom. The Balaban J connectivity index is 3.08. The topological polar surface area (TPSA) is 121 Å². The summed E-state index contributed by atoms with van der Waals surface area (Å²) < 4.78 is 65.9. The number of hydrogen-bond donors (Lipinski definition) is 3. The molecule has 0 amide bonds. The number of benzene rings is 2. The molecule has 2 aromatic rings. The molecule has 0 radical (unpaired) electrons. The van der Waals surface area contributed by atoms with Crippen LogP contribution in [0.1, 0.15) is 26.3 Å². The summed E-state index contributed by atoms with van der Waals surface area (Å²) in [6.07, 6.45) is 0. The van der Waals surface area contributed by atoms with Gasteiger partial charge in [0.15, 0.2) is 0 Å². The molecular formula is C15H19NO6S2. The molecule has 2 aromatic carbocycles. The van der Waals surface area contributed by atoms with Crippen molar-refractivity contribution < 1.29 is 25.9 Å². The monoisotopic (exact) mass is 373 g/mol. The van der Waals surface area contributed by atoms with Crippen molar-refractivity contribution in [3.05, 3.63) is 29.8 Å². The van der Waals surface area contributed by atoms with Gasteiger partial charge < -0.3 is 5.32 Å². The summed E-state index contributed by atoms with van der Waals surface area (Å²) in [6.45, 7) is 7.09. The highest BCUT2D eigenvalue weighted by atomic mass is 32.2. The lowest BCUT2D eigenvalue weighted by molar-refractivity contribution is 0.481. The predicted molar refractivity (Wildman–Crippen MR) is 91.7 cm³/mol. The van der Waals surface area contributed by atoms with Gasteiger partial charge in [0.2, 0.25) is 0 Å². The molecule has 0 heterocycles. The first-order valence-corrected chi connectivity index (χ1v) is 9.89. The smallest absolute Gasteiger partial charge is 0.295 e. The molecule has 0 aromatic heterocycles. The Labute approximate surface area is 141 Å². The lowest BCUT2D eigenvalue weighted by atomic mass is 10.0. The minimum atomic E-state index is -4.61. The van der Waals surface area contributed by atoms with Crippen LogP contribution < -0.4 is 5.32 Å². The van der Waals surface area contributed by atoms with Crippen LogP contribution in [0.15, 0.2) is 34.1 Å². The molecule has 7 nitrogen and oxygen atoms in total. The molecular weight excluding hydrogens is 354 g/mol. The predicted octanol–water partition coefficient (Wildman–Crippen LogP) is 2.85. The lowest BCUT2D eigenvalue weighted by Crippen LogP contribution is -2.26. The highest BCUT2D eigenvalue weighted by molar-refractivity contribution is 7.86. The number of hydrogen-bond acceptors (Lipinski definition) is 5. The molecule has 0 saturated carbocycles. The van der Waals surface area contributed by atoms with Crippen LogP contribution >= 0.6 is 0 Å². The van der Waals surface area contributed by atoms with Crippen molar-refractivity contribution in [2.24, 2.45) is 0 Å². The summed E-state index contributed by atoms with van der Waals surface area (Å²) in [5, 5.41) is 3.10. The first-order valence-electron chi connectivity index (χ1n) is 7.01. The Hall–Kier alpha value is -1.68. The average molecular weight is 373 g/mol. The fourth-order valence-electron chi connectivity index (χ4n) is 2.49. The molecule has 24 heavy (non-hydrogen) atoms. The van der Waals surface area contributed by atoms with Gasteiger partial charge in [0.05, 0.1) is 0 Å². The van der Waals surface area contributed by atoms with Gasteiger partial charge in [-0.2, -0.15) is 16.8 Å². The molecule has 0 aliphatic rings. The maximum atomic E-state index is 11.8. The Morgan fingerprint density at radius 3 is 1.92 bits per heavy atom. The maximum Gasteiger partial charge on any atom is 0.295 e. The summed E-state index contributed by atoms with van der Waals surface area (Å²) in [5.74, 6) is 0. The minimum Gasteiger partial charge on any atom is -0.380 e. The number of aryl methyl sites for hydroxylation is 1.